The molecule has 6 nitrogen and oxygen atoms in total. The van der Waals surface area contributed by atoms with Gasteiger partial charge in [-0.2, -0.15) is 11.8 Å². The van der Waals surface area contributed by atoms with Gasteiger partial charge in [0.25, 0.3) is 0 Å². The van der Waals surface area contributed by atoms with E-state index in [0.29, 0.717) is 17.9 Å². The SMILES string of the molecule is CSCC[C@H](NC(=O)Nc1cncc(C)c1)C(=O)O. The second kappa shape index (κ2) is 7.63. The summed E-state index contributed by atoms with van der Waals surface area (Å²) in [6.45, 7) is 1.86. The molecular weight excluding hydrogens is 266 g/mol. The Morgan fingerprint density at radius 1 is 1.47 bits per heavy atom. The molecule has 0 spiro atoms. The lowest BCUT2D eigenvalue weighted by Crippen LogP contribution is -2.43. The molecule has 0 saturated heterocycles. The molecule has 0 aliphatic heterocycles. The monoisotopic (exact) mass is 283 g/mol. The van der Waals surface area contributed by atoms with Crippen LogP contribution in [0.5, 0.6) is 0 Å². The summed E-state index contributed by atoms with van der Waals surface area (Å²) in [5.41, 5.74) is 1.45. The Balaban J connectivity index is 2.55. The zero-order chi connectivity index (χ0) is 14.3. The van der Waals surface area contributed by atoms with Crippen molar-refractivity contribution in [2.45, 2.75) is 19.4 Å². The fourth-order valence-electron chi connectivity index (χ4n) is 1.44. The first-order valence-electron chi connectivity index (χ1n) is 5.74. The number of thioether (sulfide) groups is 1. The summed E-state index contributed by atoms with van der Waals surface area (Å²) in [6, 6.07) is 0.329. The van der Waals surface area contributed by atoms with E-state index in [2.05, 4.69) is 15.6 Å². The van der Waals surface area contributed by atoms with Crippen molar-refractivity contribution in [3.63, 3.8) is 0 Å². The number of carboxylic acid groups (broad SMARTS) is 1. The zero-order valence-electron chi connectivity index (χ0n) is 10.8. The summed E-state index contributed by atoms with van der Waals surface area (Å²) in [7, 11) is 0. The molecule has 0 radical (unpaired) electrons. The third-order valence-corrected chi connectivity index (χ3v) is 2.99. The molecule has 0 unspecified atom stereocenters. The normalized spacial score (nSPS) is 11.7. The number of carbonyl (C=O) groups excluding carboxylic acids is 1. The molecule has 0 aliphatic rings. The number of amides is 2. The highest BCUT2D eigenvalue weighted by atomic mass is 32.2. The standard InChI is InChI=1S/C12H17N3O3S/c1-8-5-9(7-13-6-8)14-12(18)15-10(11(16)17)3-4-19-2/h5-7,10H,3-4H2,1-2H3,(H,16,17)(H2,14,15,18)/t10-/m0/s1. The van der Waals surface area contributed by atoms with Crippen LogP contribution in [-0.4, -0.2) is 40.1 Å². The Hall–Kier alpha value is -1.76. The number of nitrogens with one attached hydrogen (secondary N) is 2. The number of hydrogen-bond acceptors (Lipinski definition) is 4. The van der Waals surface area contributed by atoms with Crippen molar-refractivity contribution in [1.82, 2.24) is 10.3 Å². The van der Waals surface area contributed by atoms with Crippen LogP contribution in [0.15, 0.2) is 18.5 Å². The molecule has 1 heterocycles. The molecular formula is C12H17N3O3S. The fraction of sp³-hybridized carbons (Fsp3) is 0.417. The van der Waals surface area contributed by atoms with Crippen LogP contribution in [0.1, 0.15) is 12.0 Å². The molecule has 1 aromatic heterocycles. The van der Waals surface area contributed by atoms with Crippen molar-refractivity contribution in [2.24, 2.45) is 0 Å². The largest absolute Gasteiger partial charge is 0.480 e. The number of hydrogen-bond donors (Lipinski definition) is 3. The number of aryl methyl sites for hydroxylation is 1. The number of carbonyl (C=O) groups is 2. The maximum Gasteiger partial charge on any atom is 0.326 e. The lowest BCUT2D eigenvalue weighted by atomic mass is 10.2. The Morgan fingerprint density at radius 3 is 2.79 bits per heavy atom. The van der Waals surface area contributed by atoms with Gasteiger partial charge in [-0.25, -0.2) is 9.59 Å². The molecule has 0 aliphatic carbocycles. The van der Waals surface area contributed by atoms with Crippen LogP contribution in [-0.2, 0) is 4.79 Å². The molecule has 0 aromatic carbocycles. The number of urea groups is 1. The summed E-state index contributed by atoms with van der Waals surface area (Å²) >= 11 is 1.54. The highest BCUT2D eigenvalue weighted by Gasteiger charge is 2.19. The van der Waals surface area contributed by atoms with Crippen LogP contribution in [0.3, 0.4) is 0 Å². The van der Waals surface area contributed by atoms with Crippen LogP contribution >= 0.6 is 11.8 Å². The minimum Gasteiger partial charge on any atom is -0.480 e. The van der Waals surface area contributed by atoms with Crippen molar-refractivity contribution in [3.8, 4) is 0 Å². The average Bonchev–Trinajstić information content (AvgIpc) is 2.34. The predicted molar refractivity (Wildman–Crippen MR) is 75.6 cm³/mol. The van der Waals surface area contributed by atoms with Crippen LogP contribution in [0.4, 0.5) is 10.5 Å². The molecule has 1 rings (SSSR count). The minimum absolute atomic E-state index is 0.385. The van der Waals surface area contributed by atoms with E-state index in [-0.39, 0.29) is 0 Å². The minimum atomic E-state index is -1.04. The molecule has 0 saturated carbocycles. The predicted octanol–water partition coefficient (Wildman–Crippen LogP) is 1.72. The Kier molecular flexibility index (Phi) is 6.14. The number of aliphatic carboxylic acids is 1. The lowest BCUT2D eigenvalue weighted by Gasteiger charge is -2.14. The van der Waals surface area contributed by atoms with Crippen LogP contribution in [0.25, 0.3) is 0 Å². The maximum absolute atomic E-state index is 11.7. The van der Waals surface area contributed by atoms with Gasteiger partial charge in [-0.15, -0.1) is 0 Å². The number of carboxylic acids is 1. The summed E-state index contributed by atoms with van der Waals surface area (Å²) in [4.78, 5) is 26.6. The first kappa shape index (κ1) is 15.3. The number of pyridine rings is 1. The second-order valence-corrected chi connectivity index (χ2v) is 5.01. The first-order chi connectivity index (χ1) is 9.02. The summed E-state index contributed by atoms with van der Waals surface area (Å²) in [5, 5.41) is 14.0. The van der Waals surface area contributed by atoms with Gasteiger partial charge >= 0.3 is 12.0 Å². The van der Waals surface area contributed by atoms with Crippen molar-refractivity contribution in [2.75, 3.05) is 17.3 Å². The third-order valence-electron chi connectivity index (χ3n) is 2.35. The van der Waals surface area contributed by atoms with E-state index in [1.165, 1.54) is 18.0 Å². The van der Waals surface area contributed by atoms with Gasteiger partial charge < -0.3 is 15.7 Å². The molecule has 104 valence electrons. The van der Waals surface area contributed by atoms with Crippen LogP contribution < -0.4 is 10.6 Å². The molecule has 1 aromatic rings. The Bertz CT molecular complexity index is 454. The highest BCUT2D eigenvalue weighted by molar-refractivity contribution is 7.98. The topological polar surface area (TPSA) is 91.3 Å². The van der Waals surface area contributed by atoms with E-state index in [1.807, 2.05) is 13.2 Å². The van der Waals surface area contributed by atoms with E-state index in [1.54, 1.807) is 12.3 Å². The maximum atomic E-state index is 11.7. The van der Waals surface area contributed by atoms with E-state index < -0.39 is 18.0 Å². The summed E-state index contributed by atoms with van der Waals surface area (Å²) in [6.07, 6.45) is 5.44. The van der Waals surface area contributed by atoms with E-state index in [0.717, 1.165) is 5.56 Å². The van der Waals surface area contributed by atoms with E-state index in [9.17, 15) is 9.59 Å². The molecule has 0 fully saturated rings. The second-order valence-electron chi connectivity index (χ2n) is 4.02. The van der Waals surface area contributed by atoms with Gasteiger partial charge in [-0.1, -0.05) is 0 Å². The molecule has 1 atom stereocenters. The van der Waals surface area contributed by atoms with Gasteiger partial charge in [-0.3, -0.25) is 4.98 Å². The molecule has 2 amide bonds. The Labute approximate surface area is 116 Å². The van der Waals surface area contributed by atoms with Gasteiger partial charge in [0.1, 0.15) is 6.04 Å². The Morgan fingerprint density at radius 2 is 2.21 bits per heavy atom. The van der Waals surface area contributed by atoms with Crippen molar-refractivity contribution < 1.29 is 14.7 Å². The average molecular weight is 283 g/mol. The quantitative estimate of drug-likeness (QED) is 0.739. The molecule has 3 N–H and O–H groups in total. The summed E-state index contributed by atoms with van der Waals surface area (Å²) in [5.74, 6) is -0.366. The summed E-state index contributed by atoms with van der Waals surface area (Å²) < 4.78 is 0. The van der Waals surface area contributed by atoms with Gasteiger partial charge in [0.15, 0.2) is 0 Å². The number of nitrogens with zero attached hydrogens (tertiary/aromatic N) is 1. The van der Waals surface area contributed by atoms with E-state index >= 15 is 0 Å². The third kappa shape index (κ3) is 5.60. The van der Waals surface area contributed by atoms with Crippen molar-refractivity contribution in [1.29, 1.82) is 0 Å². The highest BCUT2D eigenvalue weighted by Crippen LogP contribution is 2.07. The van der Waals surface area contributed by atoms with Gasteiger partial charge in [0, 0.05) is 6.20 Å². The van der Waals surface area contributed by atoms with Gasteiger partial charge in [0.05, 0.1) is 11.9 Å². The van der Waals surface area contributed by atoms with Gasteiger partial charge in [-0.05, 0) is 37.0 Å². The molecule has 19 heavy (non-hydrogen) atoms. The fourth-order valence-corrected chi connectivity index (χ4v) is 1.91. The number of rotatable bonds is 6. The van der Waals surface area contributed by atoms with Crippen molar-refractivity contribution in [3.05, 3.63) is 24.0 Å². The smallest absolute Gasteiger partial charge is 0.326 e. The van der Waals surface area contributed by atoms with E-state index in [4.69, 9.17) is 5.11 Å². The molecule has 0 bridgehead atoms. The number of aromatic nitrogens is 1. The van der Waals surface area contributed by atoms with Gasteiger partial charge in [0.2, 0.25) is 0 Å². The molecule has 7 heteroatoms. The first-order valence-corrected chi connectivity index (χ1v) is 7.13. The lowest BCUT2D eigenvalue weighted by molar-refractivity contribution is -0.139. The number of anilines is 1. The van der Waals surface area contributed by atoms with Crippen molar-refractivity contribution >= 4 is 29.4 Å². The zero-order valence-corrected chi connectivity index (χ0v) is 11.7. The van der Waals surface area contributed by atoms with Crippen LogP contribution in [0.2, 0.25) is 0 Å². The van der Waals surface area contributed by atoms with Crippen LogP contribution in [0, 0.1) is 6.92 Å².